The molecular weight excluding hydrogens is 368 g/mol. The molecule has 138 valence electrons. The predicted octanol–water partition coefficient (Wildman–Crippen LogP) is 4.41. The zero-order valence-corrected chi connectivity index (χ0v) is 16.8. The maximum atomic E-state index is 12.4. The molecule has 0 aliphatic carbocycles. The van der Waals surface area contributed by atoms with Crippen LogP contribution in [0.4, 0.5) is 0 Å². The number of halogens is 1. The Bertz CT molecular complexity index is 799. The minimum Gasteiger partial charge on any atom is -0.347 e. The van der Waals surface area contributed by atoms with Gasteiger partial charge in [0.15, 0.2) is 0 Å². The monoisotopic (exact) mass is 390 g/mol. The summed E-state index contributed by atoms with van der Waals surface area (Å²) in [6.45, 7) is 2.64. The van der Waals surface area contributed by atoms with E-state index in [1.807, 2.05) is 43.3 Å². The zero-order valence-electron chi connectivity index (χ0n) is 15.2. The largest absolute Gasteiger partial charge is 0.347 e. The lowest BCUT2D eigenvalue weighted by Crippen LogP contribution is -2.39. The summed E-state index contributed by atoms with van der Waals surface area (Å²) in [4.78, 5) is 29.4. The number of thiophene rings is 1. The Morgan fingerprint density at radius 2 is 1.88 bits per heavy atom. The van der Waals surface area contributed by atoms with Crippen molar-refractivity contribution in [1.29, 1.82) is 0 Å². The standard InChI is InChI=1S/C20H23ClN2O2S/c1-4-13-23(14-20(25)22(2)3)19(24)12-10-15-9-11-18(26-15)16-7-5-6-8-17(16)21/h5-12H,4,13-14H2,1-3H3/b12-10+. The number of benzene rings is 1. The minimum absolute atomic E-state index is 0.0858. The number of likely N-dealkylation sites (N-methyl/N-ethyl adjacent to an activating group) is 1. The summed E-state index contributed by atoms with van der Waals surface area (Å²) < 4.78 is 0. The van der Waals surface area contributed by atoms with Crippen LogP contribution in [-0.4, -0.2) is 48.8 Å². The first-order chi connectivity index (χ1) is 12.4. The average Bonchev–Trinajstić information content (AvgIpc) is 3.08. The van der Waals surface area contributed by atoms with E-state index in [-0.39, 0.29) is 18.4 Å². The number of carbonyl (C=O) groups excluding carboxylic acids is 2. The van der Waals surface area contributed by atoms with Gasteiger partial charge in [0.25, 0.3) is 0 Å². The van der Waals surface area contributed by atoms with Gasteiger partial charge in [-0.05, 0) is 30.7 Å². The third kappa shape index (κ3) is 5.44. The SMILES string of the molecule is CCCN(CC(=O)N(C)C)C(=O)/C=C/c1ccc(-c2ccccc2Cl)s1. The van der Waals surface area contributed by atoms with Crippen molar-refractivity contribution in [2.75, 3.05) is 27.2 Å². The molecule has 0 spiro atoms. The molecule has 0 saturated heterocycles. The molecule has 1 heterocycles. The van der Waals surface area contributed by atoms with E-state index in [1.165, 1.54) is 11.0 Å². The number of nitrogens with zero attached hydrogens (tertiary/aromatic N) is 2. The second-order valence-electron chi connectivity index (χ2n) is 6.06. The highest BCUT2D eigenvalue weighted by Crippen LogP contribution is 2.33. The van der Waals surface area contributed by atoms with Crippen molar-refractivity contribution in [3.05, 3.63) is 52.4 Å². The molecule has 0 unspecified atom stereocenters. The molecule has 2 rings (SSSR count). The van der Waals surface area contributed by atoms with Crippen LogP contribution in [0.15, 0.2) is 42.5 Å². The summed E-state index contributed by atoms with van der Waals surface area (Å²) in [6.07, 6.45) is 4.12. The summed E-state index contributed by atoms with van der Waals surface area (Å²) in [7, 11) is 3.38. The first kappa shape index (κ1) is 20.2. The van der Waals surface area contributed by atoms with E-state index in [1.54, 1.807) is 36.4 Å². The third-order valence-electron chi connectivity index (χ3n) is 3.79. The summed E-state index contributed by atoms with van der Waals surface area (Å²) in [5.74, 6) is -0.243. The van der Waals surface area contributed by atoms with Gasteiger partial charge in [0.2, 0.25) is 11.8 Å². The van der Waals surface area contributed by atoms with Crippen LogP contribution in [0.25, 0.3) is 16.5 Å². The lowest BCUT2D eigenvalue weighted by molar-refractivity contribution is -0.136. The molecule has 0 N–H and O–H groups in total. The second kappa shape index (κ2) is 9.55. The average molecular weight is 391 g/mol. The molecular formula is C20H23ClN2O2S. The van der Waals surface area contributed by atoms with Crippen LogP contribution >= 0.6 is 22.9 Å². The van der Waals surface area contributed by atoms with E-state index in [9.17, 15) is 9.59 Å². The molecule has 0 fully saturated rings. The van der Waals surface area contributed by atoms with E-state index in [4.69, 9.17) is 11.6 Å². The Kier molecular flexibility index (Phi) is 7.42. The fourth-order valence-corrected chi connectivity index (χ4v) is 3.59. The normalized spacial score (nSPS) is 10.9. The first-order valence-corrected chi connectivity index (χ1v) is 9.63. The molecule has 6 heteroatoms. The van der Waals surface area contributed by atoms with Gasteiger partial charge in [-0.15, -0.1) is 11.3 Å². The lowest BCUT2D eigenvalue weighted by Gasteiger charge is -2.21. The van der Waals surface area contributed by atoms with Gasteiger partial charge in [-0.2, -0.15) is 0 Å². The molecule has 2 aromatic rings. The maximum Gasteiger partial charge on any atom is 0.247 e. The van der Waals surface area contributed by atoms with Gasteiger partial charge < -0.3 is 9.80 Å². The summed E-state index contributed by atoms with van der Waals surface area (Å²) in [6, 6.07) is 11.6. The van der Waals surface area contributed by atoms with Crippen LogP contribution in [0.1, 0.15) is 18.2 Å². The van der Waals surface area contributed by atoms with Crippen LogP contribution in [0, 0.1) is 0 Å². The van der Waals surface area contributed by atoms with Gasteiger partial charge in [0.1, 0.15) is 0 Å². The van der Waals surface area contributed by atoms with Crippen molar-refractivity contribution in [2.45, 2.75) is 13.3 Å². The van der Waals surface area contributed by atoms with E-state index in [0.717, 1.165) is 21.7 Å². The first-order valence-electron chi connectivity index (χ1n) is 8.44. The fraction of sp³-hybridized carbons (Fsp3) is 0.300. The highest BCUT2D eigenvalue weighted by atomic mass is 35.5. The number of hydrogen-bond acceptors (Lipinski definition) is 3. The molecule has 0 aliphatic rings. The highest BCUT2D eigenvalue weighted by Gasteiger charge is 2.15. The topological polar surface area (TPSA) is 40.6 Å². The molecule has 1 aromatic heterocycles. The van der Waals surface area contributed by atoms with E-state index in [2.05, 4.69) is 0 Å². The van der Waals surface area contributed by atoms with Gasteiger partial charge in [-0.25, -0.2) is 0 Å². The van der Waals surface area contributed by atoms with E-state index in [0.29, 0.717) is 11.6 Å². The van der Waals surface area contributed by atoms with E-state index < -0.39 is 0 Å². The summed E-state index contributed by atoms with van der Waals surface area (Å²) in [5.41, 5.74) is 0.981. The van der Waals surface area contributed by atoms with Crippen LogP contribution in [0.2, 0.25) is 5.02 Å². The molecule has 4 nitrogen and oxygen atoms in total. The number of carbonyl (C=O) groups is 2. The predicted molar refractivity (Wildman–Crippen MR) is 109 cm³/mol. The Balaban J connectivity index is 2.09. The smallest absolute Gasteiger partial charge is 0.247 e. The number of hydrogen-bond donors (Lipinski definition) is 0. The van der Waals surface area contributed by atoms with Crippen LogP contribution < -0.4 is 0 Å². The molecule has 1 aromatic carbocycles. The molecule has 2 amide bonds. The van der Waals surface area contributed by atoms with Crippen LogP contribution in [0.5, 0.6) is 0 Å². The van der Waals surface area contributed by atoms with Crippen molar-refractivity contribution in [2.24, 2.45) is 0 Å². The van der Waals surface area contributed by atoms with Crippen molar-refractivity contribution < 1.29 is 9.59 Å². The van der Waals surface area contributed by atoms with Crippen molar-refractivity contribution in [3.8, 4) is 10.4 Å². The molecule has 0 bridgehead atoms. The summed E-state index contributed by atoms with van der Waals surface area (Å²) in [5, 5.41) is 0.706. The Morgan fingerprint density at radius 3 is 2.54 bits per heavy atom. The highest BCUT2D eigenvalue weighted by molar-refractivity contribution is 7.16. The number of rotatable bonds is 7. The van der Waals surface area contributed by atoms with Gasteiger partial charge >= 0.3 is 0 Å². The van der Waals surface area contributed by atoms with Gasteiger partial charge in [-0.3, -0.25) is 9.59 Å². The molecule has 26 heavy (non-hydrogen) atoms. The Hall–Kier alpha value is -2.11. The van der Waals surface area contributed by atoms with Gasteiger partial charge in [0, 0.05) is 47.1 Å². The Morgan fingerprint density at radius 1 is 1.15 bits per heavy atom. The van der Waals surface area contributed by atoms with Crippen molar-refractivity contribution in [3.63, 3.8) is 0 Å². The second-order valence-corrected chi connectivity index (χ2v) is 7.59. The lowest BCUT2D eigenvalue weighted by atomic mass is 10.2. The quantitative estimate of drug-likeness (QED) is 0.657. The Labute approximate surface area is 163 Å². The van der Waals surface area contributed by atoms with Gasteiger partial charge in [-0.1, -0.05) is 36.7 Å². The van der Waals surface area contributed by atoms with Crippen LogP contribution in [-0.2, 0) is 9.59 Å². The molecule has 0 radical (unpaired) electrons. The molecule has 0 saturated carbocycles. The van der Waals surface area contributed by atoms with Crippen molar-refractivity contribution in [1.82, 2.24) is 9.80 Å². The van der Waals surface area contributed by atoms with Gasteiger partial charge in [0.05, 0.1) is 6.54 Å². The summed E-state index contributed by atoms with van der Waals surface area (Å²) >= 11 is 7.81. The minimum atomic E-state index is -0.158. The van der Waals surface area contributed by atoms with Crippen LogP contribution in [0.3, 0.4) is 0 Å². The fourth-order valence-electron chi connectivity index (χ4n) is 2.35. The van der Waals surface area contributed by atoms with E-state index >= 15 is 0 Å². The molecule has 0 atom stereocenters. The maximum absolute atomic E-state index is 12.4. The van der Waals surface area contributed by atoms with Crippen molar-refractivity contribution >= 4 is 40.8 Å². The third-order valence-corrected chi connectivity index (χ3v) is 5.20. The molecule has 0 aliphatic heterocycles. The number of amides is 2. The zero-order chi connectivity index (χ0) is 19.1.